The average Bonchev–Trinajstić information content (AvgIpc) is 2.41. The average molecular weight is 268 g/mol. The summed E-state index contributed by atoms with van der Waals surface area (Å²) < 4.78 is 1.11. The van der Waals surface area contributed by atoms with Crippen molar-refractivity contribution in [3.8, 4) is 11.4 Å². The van der Waals surface area contributed by atoms with Gasteiger partial charge in [-0.15, -0.1) is 0 Å². The maximum absolute atomic E-state index is 10.4. The van der Waals surface area contributed by atoms with Crippen LogP contribution in [0, 0.1) is 12.3 Å². The van der Waals surface area contributed by atoms with Gasteiger partial charge in [-0.3, -0.25) is 0 Å². The molecular weight excluding hydrogens is 252 g/mol. The highest BCUT2D eigenvalue weighted by Crippen LogP contribution is 2.26. The van der Waals surface area contributed by atoms with Gasteiger partial charge in [-0.25, -0.2) is 4.98 Å². The molecule has 0 spiro atoms. The largest absolute Gasteiger partial charge is 0.428 e. The van der Waals surface area contributed by atoms with Gasteiger partial charge < -0.3 is 15.5 Å². The zero-order valence-electron chi connectivity index (χ0n) is 11.7. The lowest BCUT2D eigenvalue weighted by molar-refractivity contribution is 0.202. The Morgan fingerprint density at radius 2 is 1.95 bits per heavy atom. The minimum absolute atomic E-state index is 0.394. The highest BCUT2D eigenvalue weighted by molar-refractivity contribution is 5.83. The summed E-state index contributed by atoms with van der Waals surface area (Å²) in [4.78, 5) is 6.53. The molecule has 0 saturated carbocycles. The van der Waals surface area contributed by atoms with E-state index in [0.717, 1.165) is 21.5 Å². The van der Waals surface area contributed by atoms with Crippen LogP contribution in [0.25, 0.3) is 22.4 Å². The van der Waals surface area contributed by atoms with Crippen molar-refractivity contribution >= 4 is 16.7 Å². The Morgan fingerprint density at radius 3 is 2.65 bits per heavy atom. The second-order valence-corrected chi connectivity index (χ2v) is 5.15. The summed E-state index contributed by atoms with van der Waals surface area (Å²) in [6, 6.07) is 9.20. The summed E-state index contributed by atoms with van der Waals surface area (Å²) >= 11 is 0. The number of rotatable bonds is 1. The Balaban J connectivity index is 2.42. The van der Waals surface area contributed by atoms with Gasteiger partial charge in [-0.2, -0.15) is 4.73 Å². The molecule has 1 aliphatic carbocycles. The lowest BCUT2D eigenvalue weighted by Gasteiger charge is -2.17. The van der Waals surface area contributed by atoms with Crippen LogP contribution in [-0.2, 0) is 0 Å². The van der Waals surface area contributed by atoms with E-state index in [1.165, 1.54) is 0 Å². The molecule has 5 nitrogen and oxygen atoms in total. The Hall–Kier alpha value is -2.56. The molecule has 1 aromatic rings. The van der Waals surface area contributed by atoms with Crippen molar-refractivity contribution in [2.24, 2.45) is 0 Å². The zero-order chi connectivity index (χ0) is 14.4. The molecule has 1 heterocycles. The monoisotopic (exact) mass is 268 g/mol. The summed E-state index contributed by atoms with van der Waals surface area (Å²) in [7, 11) is 3.89. The van der Waals surface area contributed by atoms with Gasteiger partial charge in [0.05, 0.1) is 16.6 Å². The van der Waals surface area contributed by atoms with Crippen molar-refractivity contribution in [2.45, 2.75) is 6.92 Å². The van der Waals surface area contributed by atoms with E-state index in [4.69, 9.17) is 5.41 Å². The molecule has 3 rings (SSSR count). The minimum Gasteiger partial charge on any atom is -0.428 e. The van der Waals surface area contributed by atoms with E-state index in [2.05, 4.69) is 4.98 Å². The molecule has 102 valence electrons. The molecule has 0 saturated heterocycles. The summed E-state index contributed by atoms with van der Waals surface area (Å²) in [5, 5.41) is 18.7. The topological polar surface area (TPSA) is 65.1 Å². The first-order valence-corrected chi connectivity index (χ1v) is 6.36. The summed E-state index contributed by atoms with van der Waals surface area (Å²) in [6.45, 7) is 1.87. The Bertz CT molecular complexity index is 835. The number of benzene rings is 2. The van der Waals surface area contributed by atoms with Gasteiger partial charge in [0, 0.05) is 19.8 Å². The third kappa shape index (κ3) is 1.79. The van der Waals surface area contributed by atoms with Crippen LogP contribution >= 0.6 is 0 Å². The van der Waals surface area contributed by atoms with Gasteiger partial charge in [-0.1, -0.05) is 0 Å². The second-order valence-electron chi connectivity index (χ2n) is 5.15. The van der Waals surface area contributed by atoms with E-state index in [-0.39, 0.29) is 0 Å². The molecule has 20 heavy (non-hydrogen) atoms. The molecular formula is C15H16N4O. The van der Waals surface area contributed by atoms with Gasteiger partial charge in [0.2, 0.25) is 0 Å². The van der Waals surface area contributed by atoms with Gasteiger partial charge in [0.25, 0.3) is 0 Å². The molecule has 1 aromatic carbocycles. The molecule has 0 amide bonds. The number of hydrogen-bond acceptors (Lipinski definition) is 4. The number of aromatic nitrogens is 2. The highest BCUT2D eigenvalue weighted by atomic mass is 16.5. The van der Waals surface area contributed by atoms with E-state index < -0.39 is 0 Å². The van der Waals surface area contributed by atoms with Crippen molar-refractivity contribution in [1.82, 2.24) is 9.71 Å². The Kier molecular flexibility index (Phi) is 2.64. The summed E-state index contributed by atoms with van der Waals surface area (Å²) in [6.07, 6.45) is 0. The normalized spacial score (nSPS) is 11.2. The fourth-order valence-corrected chi connectivity index (χ4v) is 2.25. The highest BCUT2D eigenvalue weighted by Gasteiger charge is 2.13. The van der Waals surface area contributed by atoms with Crippen LogP contribution < -0.4 is 10.3 Å². The molecule has 0 atom stereocenters. The van der Waals surface area contributed by atoms with Crippen LogP contribution in [0.1, 0.15) is 5.56 Å². The number of nitrogens with zero attached hydrogens (tertiary/aromatic N) is 3. The molecule has 0 aromatic heterocycles. The minimum atomic E-state index is 0.394. The van der Waals surface area contributed by atoms with Crippen molar-refractivity contribution < 1.29 is 5.21 Å². The molecule has 0 fully saturated rings. The fraction of sp³-hybridized carbons (Fsp3) is 0.200. The first-order valence-electron chi connectivity index (χ1n) is 6.36. The second kappa shape index (κ2) is 4.23. The van der Waals surface area contributed by atoms with E-state index in [9.17, 15) is 5.21 Å². The van der Waals surface area contributed by atoms with Gasteiger partial charge in [0.15, 0.2) is 0 Å². The van der Waals surface area contributed by atoms with E-state index >= 15 is 0 Å². The van der Waals surface area contributed by atoms with E-state index in [1.54, 1.807) is 6.07 Å². The Labute approximate surface area is 116 Å². The van der Waals surface area contributed by atoms with Crippen molar-refractivity contribution in [1.29, 1.82) is 5.41 Å². The molecule has 1 aliphatic heterocycles. The predicted octanol–water partition coefficient (Wildman–Crippen LogP) is 2.23. The fourth-order valence-electron chi connectivity index (χ4n) is 2.25. The van der Waals surface area contributed by atoms with Crippen LogP contribution in [0.15, 0.2) is 30.3 Å². The lowest BCUT2D eigenvalue weighted by Crippen LogP contribution is -2.13. The number of anilines is 1. The molecule has 2 aliphatic rings. The van der Waals surface area contributed by atoms with Gasteiger partial charge >= 0.3 is 0 Å². The SMILES string of the molecule is Cc1cc2nc3ccc(N(C)C)cc3n(O)c-2cc1=N. The first kappa shape index (κ1) is 12.5. The lowest BCUT2D eigenvalue weighted by atomic mass is 10.1. The molecule has 0 unspecified atom stereocenters. The van der Waals surface area contributed by atoms with E-state index in [0.29, 0.717) is 22.3 Å². The zero-order valence-corrected chi connectivity index (χ0v) is 11.7. The summed E-state index contributed by atoms with van der Waals surface area (Å²) in [5.41, 5.74) is 4.42. The quantitative estimate of drug-likeness (QED) is 0.525. The molecule has 0 bridgehead atoms. The van der Waals surface area contributed by atoms with Gasteiger partial charge in [-0.05, 0) is 42.8 Å². The van der Waals surface area contributed by atoms with Crippen LogP contribution in [0.3, 0.4) is 0 Å². The van der Waals surface area contributed by atoms with Gasteiger partial charge in [0.1, 0.15) is 11.2 Å². The van der Waals surface area contributed by atoms with E-state index in [1.807, 2.05) is 50.2 Å². The maximum Gasteiger partial charge on any atom is 0.108 e. The van der Waals surface area contributed by atoms with Crippen molar-refractivity contribution in [2.75, 3.05) is 19.0 Å². The van der Waals surface area contributed by atoms with Crippen LogP contribution in [0.4, 0.5) is 5.69 Å². The maximum atomic E-state index is 10.4. The van der Waals surface area contributed by atoms with Crippen LogP contribution in [0.5, 0.6) is 0 Å². The van der Waals surface area contributed by atoms with Crippen LogP contribution in [-0.4, -0.2) is 29.0 Å². The number of hydrogen-bond donors (Lipinski definition) is 2. The third-order valence-electron chi connectivity index (χ3n) is 3.49. The smallest absolute Gasteiger partial charge is 0.108 e. The number of fused-ring (bicyclic) bond motifs is 2. The molecule has 2 N–H and O–H groups in total. The van der Waals surface area contributed by atoms with Crippen LogP contribution in [0.2, 0.25) is 0 Å². The summed E-state index contributed by atoms with van der Waals surface area (Å²) in [5.74, 6) is 0. The molecule has 5 heteroatoms. The standard InChI is InChI=1S/C15H16N4O/c1-9-6-13-15(8-11(9)16)19(20)14-7-10(18(2)3)4-5-12(14)17-13/h4-8,16,20H,1-3H3. The Morgan fingerprint density at radius 1 is 1.20 bits per heavy atom. The third-order valence-corrected chi connectivity index (χ3v) is 3.49. The molecule has 0 radical (unpaired) electrons. The van der Waals surface area contributed by atoms with Crippen molar-refractivity contribution in [3.05, 3.63) is 41.3 Å². The number of aryl methyl sites for hydroxylation is 1. The predicted molar refractivity (Wildman–Crippen MR) is 78.5 cm³/mol. The number of nitrogens with one attached hydrogen (secondary N) is 1. The first-order chi connectivity index (χ1) is 9.47. The van der Waals surface area contributed by atoms with Crippen molar-refractivity contribution in [3.63, 3.8) is 0 Å².